The van der Waals surface area contributed by atoms with Gasteiger partial charge in [-0.3, -0.25) is 4.79 Å². The van der Waals surface area contributed by atoms with E-state index in [-0.39, 0.29) is 11.6 Å². The summed E-state index contributed by atoms with van der Waals surface area (Å²) in [6.45, 7) is 0. The van der Waals surface area contributed by atoms with Gasteiger partial charge in [0.15, 0.2) is 0 Å². The number of aromatic nitrogens is 2. The molecular weight excluding hydrogens is 336 g/mol. The summed E-state index contributed by atoms with van der Waals surface area (Å²) in [5, 5.41) is 0. The van der Waals surface area contributed by atoms with Crippen molar-refractivity contribution in [3.63, 3.8) is 0 Å². The minimum Gasteiger partial charge on any atom is -0.425 e. The van der Waals surface area contributed by atoms with E-state index in [0.29, 0.717) is 17.7 Å². The van der Waals surface area contributed by atoms with E-state index in [1.165, 1.54) is 4.57 Å². The number of nitrogens with zero attached hydrogens (tertiary/aromatic N) is 2. The fourth-order valence-corrected chi connectivity index (χ4v) is 2.88. The minimum atomic E-state index is -0.133. The van der Waals surface area contributed by atoms with E-state index < -0.39 is 0 Å². The van der Waals surface area contributed by atoms with Crippen molar-refractivity contribution in [3.05, 3.63) is 119 Å². The van der Waals surface area contributed by atoms with Crippen LogP contribution in [0.1, 0.15) is 11.1 Å². The van der Waals surface area contributed by atoms with Crippen molar-refractivity contribution in [2.24, 2.45) is 0 Å². The Bertz CT molecular complexity index is 1080. The molecule has 0 aliphatic carbocycles. The summed E-state index contributed by atoms with van der Waals surface area (Å²) < 4.78 is 7.42. The van der Waals surface area contributed by atoms with Crippen LogP contribution in [0.25, 0.3) is 5.69 Å². The van der Waals surface area contributed by atoms with Gasteiger partial charge in [-0.05, 0) is 29.8 Å². The average molecular weight is 354 g/mol. The molecule has 0 amide bonds. The van der Waals surface area contributed by atoms with Crippen LogP contribution in [-0.4, -0.2) is 9.55 Å². The summed E-state index contributed by atoms with van der Waals surface area (Å²) in [5.74, 6) is 0.630. The Hall–Kier alpha value is -3.66. The van der Waals surface area contributed by atoms with Gasteiger partial charge in [-0.15, -0.1) is 0 Å². The highest BCUT2D eigenvalue weighted by atomic mass is 16.5. The average Bonchev–Trinajstić information content (AvgIpc) is 2.72. The zero-order valence-corrected chi connectivity index (χ0v) is 14.7. The molecule has 4 heteroatoms. The van der Waals surface area contributed by atoms with Crippen LogP contribution in [0.4, 0.5) is 0 Å². The number of hydrogen-bond acceptors (Lipinski definition) is 3. The maximum atomic E-state index is 13.2. The van der Waals surface area contributed by atoms with Crippen molar-refractivity contribution in [1.82, 2.24) is 9.55 Å². The van der Waals surface area contributed by atoms with Crippen LogP contribution in [0.2, 0.25) is 0 Å². The zero-order chi connectivity index (χ0) is 18.5. The van der Waals surface area contributed by atoms with E-state index in [1.54, 1.807) is 6.20 Å². The van der Waals surface area contributed by atoms with Gasteiger partial charge >= 0.3 is 6.01 Å². The van der Waals surface area contributed by atoms with E-state index in [0.717, 1.165) is 11.3 Å². The number of ether oxygens (including phenoxy) is 1. The predicted octanol–water partition coefficient (Wildman–Crippen LogP) is 4.62. The summed E-state index contributed by atoms with van der Waals surface area (Å²) in [6, 6.07) is 28.9. The Kier molecular flexibility index (Phi) is 4.79. The Labute approximate surface area is 157 Å². The molecule has 4 rings (SSSR count). The SMILES string of the molecule is O=c1c(Cc2ccccc2)cnc(Oc2ccccc2)n1-c1ccccc1. The molecule has 0 saturated heterocycles. The van der Waals surface area contributed by atoms with Crippen LogP contribution in [0, 0.1) is 0 Å². The first-order valence-electron chi connectivity index (χ1n) is 8.74. The predicted molar refractivity (Wildman–Crippen MR) is 106 cm³/mol. The van der Waals surface area contributed by atoms with Gasteiger partial charge in [0.2, 0.25) is 0 Å². The molecule has 4 aromatic rings. The summed E-state index contributed by atoms with van der Waals surface area (Å²) >= 11 is 0. The molecule has 0 spiro atoms. The molecule has 3 aromatic carbocycles. The molecule has 0 bridgehead atoms. The first-order chi connectivity index (χ1) is 13.3. The summed E-state index contributed by atoms with van der Waals surface area (Å²) in [5.41, 5.74) is 2.26. The number of para-hydroxylation sites is 2. The van der Waals surface area contributed by atoms with Gasteiger partial charge in [0.05, 0.1) is 5.69 Å². The van der Waals surface area contributed by atoms with Crippen LogP contribution in [0.15, 0.2) is 102 Å². The first-order valence-corrected chi connectivity index (χ1v) is 8.74. The molecule has 0 fully saturated rings. The molecule has 0 aliphatic heterocycles. The lowest BCUT2D eigenvalue weighted by Crippen LogP contribution is -2.24. The molecule has 0 saturated carbocycles. The van der Waals surface area contributed by atoms with Crippen LogP contribution < -0.4 is 10.3 Å². The van der Waals surface area contributed by atoms with E-state index in [1.807, 2.05) is 91.0 Å². The van der Waals surface area contributed by atoms with Gasteiger partial charge in [0, 0.05) is 18.2 Å². The van der Waals surface area contributed by atoms with Gasteiger partial charge in [-0.25, -0.2) is 9.55 Å². The highest BCUT2D eigenvalue weighted by molar-refractivity contribution is 5.37. The third-order valence-corrected chi connectivity index (χ3v) is 4.20. The molecule has 4 nitrogen and oxygen atoms in total. The Morgan fingerprint density at radius 3 is 2.04 bits per heavy atom. The topological polar surface area (TPSA) is 44.1 Å². The number of benzene rings is 3. The van der Waals surface area contributed by atoms with Crippen molar-refractivity contribution in [1.29, 1.82) is 0 Å². The van der Waals surface area contributed by atoms with Gasteiger partial charge < -0.3 is 4.74 Å². The first kappa shape index (κ1) is 16.8. The second kappa shape index (κ2) is 7.70. The zero-order valence-electron chi connectivity index (χ0n) is 14.7. The van der Waals surface area contributed by atoms with Gasteiger partial charge in [0.1, 0.15) is 5.75 Å². The van der Waals surface area contributed by atoms with E-state index in [2.05, 4.69) is 4.98 Å². The van der Waals surface area contributed by atoms with E-state index in [4.69, 9.17) is 4.74 Å². The van der Waals surface area contributed by atoms with Gasteiger partial charge in [0.25, 0.3) is 5.56 Å². The van der Waals surface area contributed by atoms with Crippen molar-refractivity contribution < 1.29 is 4.74 Å². The minimum absolute atomic E-state index is 0.133. The molecule has 0 radical (unpaired) electrons. The monoisotopic (exact) mass is 354 g/mol. The number of hydrogen-bond donors (Lipinski definition) is 0. The lowest BCUT2D eigenvalue weighted by molar-refractivity contribution is 0.423. The third kappa shape index (κ3) is 3.80. The number of rotatable bonds is 5. The maximum absolute atomic E-state index is 13.2. The van der Waals surface area contributed by atoms with Crippen molar-refractivity contribution >= 4 is 0 Å². The van der Waals surface area contributed by atoms with Gasteiger partial charge in [-0.1, -0.05) is 66.7 Å². The highest BCUT2D eigenvalue weighted by Crippen LogP contribution is 2.21. The lowest BCUT2D eigenvalue weighted by Gasteiger charge is -2.14. The Morgan fingerprint density at radius 2 is 1.37 bits per heavy atom. The maximum Gasteiger partial charge on any atom is 0.309 e. The normalized spacial score (nSPS) is 10.5. The molecule has 27 heavy (non-hydrogen) atoms. The quantitative estimate of drug-likeness (QED) is 0.525. The second-order valence-electron chi connectivity index (χ2n) is 6.12. The highest BCUT2D eigenvalue weighted by Gasteiger charge is 2.14. The van der Waals surface area contributed by atoms with Crippen LogP contribution >= 0.6 is 0 Å². The van der Waals surface area contributed by atoms with Crippen molar-refractivity contribution in [2.75, 3.05) is 0 Å². The standard InChI is InChI=1S/C23H18N2O2/c26-22-19(16-18-10-4-1-5-11-18)17-24-23(27-21-14-8-3-9-15-21)25(22)20-12-6-2-7-13-20/h1-15,17H,16H2. The van der Waals surface area contributed by atoms with E-state index >= 15 is 0 Å². The molecular formula is C23H18N2O2. The van der Waals surface area contributed by atoms with Crippen LogP contribution in [0.3, 0.4) is 0 Å². The van der Waals surface area contributed by atoms with Gasteiger partial charge in [-0.2, -0.15) is 0 Å². The summed E-state index contributed by atoms with van der Waals surface area (Å²) in [4.78, 5) is 17.7. The molecule has 0 N–H and O–H groups in total. The fraction of sp³-hybridized carbons (Fsp3) is 0.0435. The second-order valence-corrected chi connectivity index (χ2v) is 6.12. The van der Waals surface area contributed by atoms with E-state index in [9.17, 15) is 4.79 Å². The Balaban J connectivity index is 1.80. The van der Waals surface area contributed by atoms with Crippen LogP contribution in [0.5, 0.6) is 11.8 Å². The lowest BCUT2D eigenvalue weighted by atomic mass is 10.1. The molecule has 1 aromatic heterocycles. The molecule has 1 heterocycles. The van der Waals surface area contributed by atoms with Crippen molar-refractivity contribution in [2.45, 2.75) is 6.42 Å². The molecule has 0 aliphatic rings. The summed E-state index contributed by atoms with van der Waals surface area (Å²) in [6.07, 6.45) is 2.12. The Morgan fingerprint density at radius 1 is 0.778 bits per heavy atom. The van der Waals surface area contributed by atoms with Crippen LogP contribution in [-0.2, 0) is 6.42 Å². The largest absolute Gasteiger partial charge is 0.425 e. The van der Waals surface area contributed by atoms with Crippen molar-refractivity contribution in [3.8, 4) is 17.4 Å². The molecule has 0 atom stereocenters. The third-order valence-electron chi connectivity index (χ3n) is 4.20. The fourth-order valence-electron chi connectivity index (χ4n) is 2.88. The molecule has 132 valence electrons. The summed E-state index contributed by atoms with van der Waals surface area (Å²) in [7, 11) is 0. The smallest absolute Gasteiger partial charge is 0.309 e. The molecule has 0 unspecified atom stereocenters.